The van der Waals surface area contributed by atoms with Crippen LogP contribution in [0.1, 0.15) is 11.3 Å². The second kappa shape index (κ2) is 8.33. The molecule has 3 rings (SSSR count). The number of rotatable bonds is 4. The Bertz CT molecular complexity index is 1390. The predicted molar refractivity (Wildman–Crippen MR) is 103 cm³/mol. The van der Waals surface area contributed by atoms with Gasteiger partial charge in [0.2, 0.25) is 5.75 Å². The Morgan fingerprint density at radius 1 is 1.06 bits per heavy atom. The molecule has 0 unspecified atom stereocenters. The van der Waals surface area contributed by atoms with Crippen molar-refractivity contribution in [2.45, 2.75) is 17.2 Å². The Labute approximate surface area is 185 Å². The molecule has 0 saturated carbocycles. The summed E-state index contributed by atoms with van der Waals surface area (Å²) >= 11 is 5.47. The van der Waals surface area contributed by atoms with Crippen molar-refractivity contribution in [3.8, 4) is 23.0 Å². The number of benzene rings is 1. The van der Waals surface area contributed by atoms with Gasteiger partial charge in [0.15, 0.2) is 21.4 Å². The van der Waals surface area contributed by atoms with Crippen molar-refractivity contribution >= 4 is 21.4 Å². The molecule has 2 heterocycles. The lowest BCUT2D eigenvalue weighted by Crippen LogP contribution is -2.21. The van der Waals surface area contributed by atoms with E-state index in [9.17, 15) is 39.6 Å². The number of nitrogens with zero attached hydrogens (tertiary/aromatic N) is 2. The summed E-state index contributed by atoms with van der Waals surface area (Å²) in [4.78, 5) is 20.8. The van der Waals surface area contributed by atoms with Gasteiger partial charge >= 0.3 is 12.4 Å². The van der Waals surface area contributed by atoms with Crippen LogP contribution in [-0.4, -0.2) is 29.6 Å². The van der Waals surface area contributed by atoms with Gasteiger partial charge in [-0.05, 0) is 30.3 Å². The van der Waals surface area contributed by atoms with Crippen LogP contribution in [0.4, 0.5) is 26.3 Å². The SMILES string of the molecule is CS(=O)(=O)c1cccnc1-c1nc(C(F)(F)F)c(Oc2ccc(Cl)c(C(F)(F)F)c2)c(=O)[nH]1. The largest absolute Gasteiger partial charge is 0.449 e. The molecule has 0 atom stereocenters. The molecule has 15 heteroatoms. The van der Waals surface area contributed by atoms with Crippen molar-refractivity contribution in [3.63, 3.8) is 0 Å². The number of alkyl halides is 6. The van der Waals surface area contributed by atoms with Crippen LogP contribution in [0.25, 0.3) is 11.5 Å². The topological polar surface area (TPSA) is 102 Å². The first kappa shape index (κ1) is 24.5. The molecule has 7 nitrogen and oxygen atoms in total. The summed E-state index contributed by atoms with van der Waals surface area (Å²) in [5.41, 5.74) is -5.42. The van der Waals surface area contributed by atoms with Gasteiger partial charge in [0.1, 0.15) is 11.4 Å². The maximum atomic E-state index is 13.7. The summed E-state index contributed by atoms with van der Waals surface area (Å²) in [5.74, 6) is -3.07. The highest BCUT2D eigenvalue weighted by atomic mass is 35.5. The zero-order valence-corrected chi connectivity index (χ0v) is 17.6. The van der Waals surface area contributed by atoms with Crippen LogP contribution < -0.4 is 10.3 Å². The molecule has 1 N–H and O–H groups in total. The van der Waals surface area contributed by atoms with Gasteiger partial charge in [0.25, 0.3) is 5.56 Å². The lowest BCUT2D eigenvalue weighted by atomic mass is 10.2. The summed E-state index contributed by atoms with van der Waals surface area (Å²) in [5, 5.41) is -0.739. The molecule has 0 spiro atoms. The van der Waals surface area contributed by atoms with Gasteiger partial charge in [-0.3, -0.25) is 9.78 Å². The standard InChI is InChI=1S/C18H10ClF6N3O4S/c1-33(30,31)11-3-2-6-26-12(11)15-27-14(18(23,24)25)13(16(29)28-15)32-8-4-5-10(19)9(7-8)17(20,21)22/h2-7H,1H3,(H,27,28,29). The lowest BCUT2D eigenvalue weighted by Gasteiger charge is -2.15. The molecule has 0 aliphatic rings. The highest BCUT2D eigenvalue weighted by molar-refractivity contribution is 7.90. The highest BCUT2D eigenvalue weighted by Crippen LogP contribution is 2.39. The van der Waals surface area contributed by atoms with Gasteiger partial charge in [0.05, 0.1) is 15.5 Å². The fourth-order valence-corrected chi connectivity index (χ4v) is 3.68. The van der Waals surface area contributed by atoms with Gasteiger partial charge in [-0.1, -0.05) is 11.6 Å². The third-order valence-electron chi connectivity index (χ3n) is 4.00. The van der Waals surface area contributed by atoms with Crippen LogP contribution in [-0.2, 0) is 22.2 Å². The van der Waals surface area contributed by atoms with Crippen molar-refractivity contribution in [1.29, 1.82) is 0 Å². The van der Waals surface area contributed by atoms with Crippen LogP contribution in [0.5, 0.6) is 11.5 Å². The monoisotopic (exact) mass is 513 g/mol. The molecule has 33 heavy (non-hydrogen) atoms. The number of hydrogen-bond acceptors (Lipinski definition) is 6. The minimum absolute atomic E-state index is 0.316. The maximum Gasteiger partial charge on any atom is 0.437 e. The first-order valence-corrected chi connectivity index (χ1v) is 10.8. The number of aromatic amines is 1. The fraction of sp³-hybridized carbons (Fsp3) is 0.167. The Balaban J connectivity index is 2.20. The van der Waals surface area contributed by atoms with E-state index in [1.54, 1.807) is 0 Å². The van der Waals surface area contributed by atoms with E-state index in [1.165, 1.54) is 6.07 Å². The molecule has 0 aliphatic carbocycles. The third kappa shape index (κ3) is 5.27. The van der Waals surface area contributed by atoms with E-state index in [0.717, 1.165) is 30.7 Å². The summed E-state index contributed by atoms with van der Waals surface area (Å²) in [6.07, 6.45) is -8.42. The van der Waals surface area contributed by atoms with Crippen LogP contribution >= 0.6 is 11.6 Å². The second-order valence-electron chi connectivity index (χ2n) is 6.45. The zero-order chi connectivity index (χ0) is 24.8. The van der Waals surface area contributed by atoms with Crippen LogP contribution in [0.2, 0.25) is 5.02 Å². The van der Waals surface area contributed by atoms with E-state index in [2.05, 4.69) is 9.97 Å². The van der Waals surface area contributed by atoms with E-state index in [-0.39, 0.29) is 0 Å². The number of ether oxygens (including phenoxy) is 1. The Morgan fingerprint density at radius 2 is 1.73 bits per heavy atom. The minimum Gasteiger partial charge on any atom is -0.449 e. The van der Waals surface area contributed by atoms with Crippen molar-refractivity contribution < 1.29 is 39.5 Å². The number of nitrogens with one attached hydrogen (secondary N) is 1. The number of pyridine rings is 1. The molecule has 3 aromatic rings. The number of hydrogen-bond donors (Lipinski definition) is 1. The van der Waals surface area contributed by atoms with E-state index in [0.29, 0.717) is 6.07 Å². The molecular formula is C18H10ClF6N3O4S. The van der Waals surface area contributed by atoms with Crippen molar-refractivity contribution in [3.05, 3.63) is 63.2 Å². The van der Waals surface area contributed by atoms with Gasteiger partial charge in [-0.2, -0.15) is 26.3 Å². The second-order valence-corrected chi connectivity index (χ2v) is 8.85. The highest BCUT2D eigenvalue weighted by Gasteiger charge is 2.40. The first-order chi connectivity index (χ1) is 15.1. The summed E-state index contributed by atoms with van der Waals surface area (Å²) in [6.45, 7) is 0. The Morgan fingerprint density at radius 3 is 2.30 bits per heavy atom. The molecule has 0 fully saturated rings. The third-order valence-corrected chi connectivity index (χ3v) is 5.46. The number of aromatic nitrogens is 3. The van der Waals surface area contributed by atoms with Gasteiger partial charge < -0.3 is 9.72 Å². The summed E-state index contributed by atoms with van der Waals surface area (Å²) in [6, 6.07) is 4.12. The first-order valence-electron chi connectivity index (χ1n) is 8.50. The van der Waals surface area contributed by atoms with E-state index in [1.807, 2.05) is 4.98 Å². The number of sulfone groups is 1. The molecular weight excluding hydrogens is 504 g/mol. The molecule has 0 bridgehead atoms. The molecule has 0 amide bonds. The van der Waals surface area contributed by atoms with Crippen LogP contribution in [0.3, 0.4) is 0 Å². The predicted octanol–water partition coefficient (Wildman–Crippen LogP) is 4.72. The van der Waals surface area contributed by atoms with Gasteiger partial charge in [-0.15, -0.1) is 0 Å². The molecule has 1 aromatic carbocycles. The van der Waals surface area contributed by atoms with Gasteiger partial charge in [0, 0.05) is 12.5 Å². The molecule has 0 aliphatic heterocycles. The molecule has 0 saturated heterocycles. The molecule has 2 aromatic heterocycles. The molecule has 0 radical (unpaired) electrons. The quantitative estimate of drug-likeness (QED) is 0.507. The van der Waals surface area contributed by atoms with Crippen molar-refractivity contribution in [2.24, 2.45) is 0 Å². The van der Waals surface area contributed by atoms with Gasteiger partial charge in [-0.25, -0.2) is 13.4 Å². The van der Waals surface area contributed by atoms with E-state index in [4.69, 9.17) is 16.3 Å². The average Bonchev–Trinajstić information content (AvgIpc) is 2.68. The lowest BCUT2D eigenvalue weighted by molar-refractivity contribution is -0.142. The zero-order valence-electron chi connectivity index (χ0n) is 16.0. The maximum absolute atomic E-state index is 13.7. The Kier molecular flexibility index (Phi) is 6.19. The van der Waals surface area contributed by atoms with E-state index < -0.39 is 71.9 Å². The molecule has 176 valence electrons. The van der Waals surface area contributed by atoms with Crippen LogP contribution in [0, 0.1) is 0 Å². The summed E-state index contributed by atoms with van der Waals surface area (Å²) in [7, 11) is -3.98. The fourth-order valence-electron chi connectivity index (χ4n) is 2.63. The average molecular weight is 514 g/mol. The van der Waals surface area contributed by atoms with Crippen molar-refractivity contribution in [2.75, 3.05) is 6.26 Å². The van der Waals surface area contributed by atoms with Crippen LogP contribution in [0.15, 0.2) is 46.2 Å². The smallest absolute Gasteiger partial charge is 0.437 e. The van der Waals surface area contributed by atoms with E-state index >= 15 is 0 Å². The number of halogens is 7. The summed E-state index contributed by atoms with van der Waals surface area (Å²) < 4.78 is 109. The number of H-pyrrole nitrogens is 1. The normalized spacial score (nSPS) is 12.6. The minimum atomic E-state index is -5.31. The van der Waals surface area contributed by atoms with Crippen molar-refractivity contribution in [1.82, 2.24) is 15.0 Å². The Hall–Kier alpha value is -3.13.